The van der Waals surface area contributed by atoms with Crippen molar-refractivity contribution in [2.45, 2.75) is 31.1 Å². The fourth-order valence-corrected chi connectivity index (χ4v) is 2.26. The molecule has 1 aliphatic carbocycles. The van der Waals surface area contributed by atoms with Crippen LogP contribution in [0.1, 0.15) is 30.9 Å². The molecule has 0 heterocycles. The van der Waals surface area contributed by atoms with Gasteiger partial charge in [-0.3, -0.25) is 4.79 Å². The van der Waals surface area contributed by atoms with Crippen LogP contribution >= 0.6 is 11.6 Å². The van der Waals surface area contributed by atoms with Gasteiger partial charge in [-0.1, -0.05) is 23.7 Å². The Morgan fingerprint density at radius 1 is 1.47 bits per heavy atom. The van der Waals surface area contributed by atoms with Crippen molar-refractivity contribution < 1.29 is 18.7 Å². The van der Waals surface area contributed by atoms with E-state index in [-0.39, 0.29) is 10.6 Å². The first-order chi connectivity index (χ1) is 7.77. The van der Waals surface area contributed by atoms with Crippen LogP contribution in [0, 0.1) is 0 Å². The molecule has 92 valence electrons. The summed E-state index contributed by atoms with van der Waals surface area (Å²) in [6.07, 6.45) is 1.01. The SMILES string of the molecule is CC(F)(F)c1ccc(C2(C(=O)O)CC2)c(Cl)c1. The van der Waals surface area contributed by atoms with Gasteiger partial charge >= 0.3 is 5.97 Å². The molecule has 0 radical (unpaired) electrons. The Morgan fingerprint density at radius 3 is 2.41 bits per heavy atom. The third kappa shape index (κ3) is 2.02. The largest absolute Gasteiger partial charge is 0.481 e. The van der Waals surface area contributed by atoms with Crippen LogP contribution in [-0.4, -0.2) is 11.1 Å². The van der Waals surface area contributed by atoms with Gasteiger partial charge in [0.1, 0.15) is 0 Å². The number of alkyl halides is 2. The van der Waals surface area contributed by atoms with Gasteiger partial charge in [0.25, 0.3) is 5.92 Å². The van der Waals surface area contributed by atoms with Crippen molar-refractivity contribution >= 4 is 17.6 Å². The van der Waals surface area contributed by atoms with Gasteiger partial charge in [0.05, 0.1) is 5.41 Å². The zero-order valence-electron chi connectivity index (χ0n) is 9.14. The summed E-state index contributed by atoms with van der Waals surface area (Å²) in [5.41, 5.74) is -0.731. The third-order valence-corrected chi connectivity index (χ3v) is 3.46. The molecular formula is C12H11ClF2O2. The molecule has 17 heavy (non-hydrogen) atoms. The Bertz CT molecular complexity index is 476. The molecule has 1 N–H and O–H groups in total. The number of benzene rings is 1. The molecule has 1 saturated carbocycles. The van der Waals surface area contributed by atoms with E-state index in [2.05, 4.69) is 0 Å². The van der Waals surface area contributed by atoms with Crippen LogP contribution in [0.25, 0.3) is 0 Å². The fourth-order valence-electron chi connectivity index (χ4n) is 1.90. The van der Waals surface area contributed by atoms with Crippen molar-refractivity contribution in [3.8, 4) is 0 Å². The fraction of sp³-hybridized carbons (Fsp3) is 0.417. The number of rotatable bonds is 3. The summed E-state index contributed by atoms with van der Waals surface area (Å²) in [5, 5.41) is 9.20. The highest BCUT2D eigenvalue weighted by atomic mass is 35.5. The number of carbonyl (C=O) groups is 1. The van der Waals surface area contributed by atoms with Gasteiger partial charge in [-0.15, -0.1) is 0 Å². The molecule has 0 bridgehead atoms. The zero-order valence-corrected chi connectivity index (χ0v) is 9.89. The minimum absolute atomic E-state index is 0.101. The second-order valence-electron chi connectivity index (χ2n) is 4.47. The van der Waals surface area contributed by atoms with Crippen LogP contribution in [0.4, 0.5) is 8.78 Å². The standard InChI is InChI=1S/C12H11ClF2O2/c1-11(14,15)7-2-3-8(9(13)6-7)12(4-5-12)10(16)17/h2-3,6H,4-5H2,1H3,(H,16,17). The number of hydrogen-bond donors (Lipinski definition) is 1. The Kier molecular flexibility index (Phi) is 2.65. The van der Waals surface area contributed by atoms with E-state index in [1.165, 1.54) is 12.1 Å². The molecule has 0 spiro atoms. The van der Waals surface area contributed by atoms with Crippen LogP contribution in [0.2, 0.25) is 5.02 Å². The highest BCUT2D eigenvalue weighted by Gasteiger charge is 2.52. The summed E-state index contributed by atoms with van der Waals surface area (Å²) >= 11 is 5.91. The smallest absolute Gasteiger partial charge is 0.314 e. The van der Waals surface area contributed by atoms with Crippen molar-refractivity contribution in [2.75, 3.05) is 0 Å². The van der Waals surface area contributed by atoms with Gasteiger partial charge in [0, 0.05) is 17.5 Å². The van der Waals surface area contributed by atoms with Gasteiger partial charge in [0.15, 0.2) is 0 Å². The van der Waals surface area contributed by atoms with Crippen LogP contribution < -0.4 is 0 Å². The zero-order chi connectivity index (χ0) is 12.8. The minimum atomic E-state index is -2.97. The van der Waals surface area contributed by atoms with Crippen LogP contribution in [0.15, 0.2) is 18.2 Å². The first kappa shape index (κ1) is 12.3. The summed E-state index contributed by atoms with van der Waals surface area (Å²) in [5.74, 6) is -3.92. The Morgan fingerprint density at radius 2 is 2.06 bits per heavy atom. The molecule has 1 aliphatic rings. The molecule has 1 aromatic carbocycles. The molecule has 2 nitrogen and oxygen atoms in total. The van der Waals surface area contributed by atoms with E-state index in [4.69, 9.17) is 16.7 Å². The van der Waals surface area contributed by atoms with Crippen molar-refractivity contribution in [1.82, 2.24) is 0 Å². The Balaban J connectivity index is 2.43. The Hall–Kier alpha value is -1.16. The molecule has 0 unspecified atom stereocenters. The number of carboxylic acids is 1. The van der Waals surface area contributed by atoms with Gasteiger partial charge < -0.3 is 5.11 Å². The lowest BCUT2D eigenvalue weighted by atomic mass is 9.94. The molecule has 5 heteroatoms. The van der Waals surface area contributed by atoms with Crippen molar-refractivity contribution in [3.05, 3.63) is 34.3 Å². The summed E-state index contributed by atoms with van der Waals surface area (Å²) in [7, 11) is 0. The normalized spacial score (nSPS) is 17.9. The van der Waals surface area contributed by atoms with E-state index in [9.17, 15) is 13.6 Å². The quantitative estimate of drug-likeness (QED) is 0.902. The molecule has 0 saturated heterocycles. The molecule has 0 amide bonds. The number of hydrogen-bond acceptors (Lipinski definition) is 1. The average molecular weight is 261 g/mol. The maximum absolute atomic E-state index is 13.1. The van der Waals surface area contributed by atoms with E-state index in [1.807, 2.05) is 0 Å². The second-order valence-corrected chi connectivity index (χ2v) is 4.88. The first-order valence-corrected chi connectivity index (χ1v) is 5.57. The predicted octanol–water partition coefficient (Wildman–Crippen LogP) is 3.57. The topological polar surface area (TPSA) is 37.3 Å². The van der Waals surface area contributed by atoms with E-state index in [0.717, 1.165) is 13.0 Å². The van der Waals surface area contributed by atoms with E-state index < -0.39 is 17.3 Å². The lowest BCUT2D eigenvalue weighted by Gasteiger charge is -2.16. The Labute approximate surface area is 102 Å². The molecule has 0 aliphatic heterocycles. The second kappa shape index (κ2) is 3.67. The van der Waals surface area contributed by atoms with Crippen molar-refractivity contribution in [3.63, 3.8) is 0 Å². The van der Waals surface area contributed by atoms with Crippen LogP contribution in [-0.2, 0) is 16.1 Å². The van der Waals surface area contributed by atoms with Gasteiger partial charge in [-0.25, -0.2) is 8.78 Å². The van der Waals surface area contributed by atoms with Crippen LogP contribution in [0.5, 0.6) is 0 Å². The highest BCUT2D eigenvalue weighted by molar-refractivity contribution is 6.32. The first-order valence-electron chi connectivity index (χ1n) is 5.19. The van der Waals surface area contributed by atoms with Crippen molar-refractivity contribution in [2.24, 2.45) is 0 Å². The molecule has 2 rings (SSSR count). The average Bonchev–Trinajstić information content (AvgIpc) is 2.96. The molecule has 1 fully saturated rings. The third-order valence-electron chi connectivity index (χ3n) is 3.15. The van der Waals surface area contributed by atoms with Crippen LogP contribution in [0.3, 0.4) is 0 Å². The molecule has 1 aromatic rings. The minimum Gasteiger partial charge on any atom is -0.481 e. The molecule has 0 aromatic heterocycles. The van der Waals surface area contributed by atoms with Gasteiger partial charge in [0.2, 0.25) is 0 Å². The number of aliphatic carboxylic acids is 1. The summed E-state index contributed by atoms with van der Waals surface area (Å²) < 4.78 is 26.1. The van der Waals surface area contributed by atoms with E-state index in [1.54, 1.807) is 0 Å². The monoisotopic (exact) mass is 260 g/mol. The predicted molar refractivity (Wildman–Crippen MR) is 59.6 cm³/mol. The summed E-state index contributed by atoms with van der Waals surface area (Å²) in [6, 6.07) is 3.79. The summed E-state index contributed by atoms with van der Waals surface area (Å²) in [4.78, 5) is 11.1. The maximum Gasteiger partial charge on any atom is 0.314 e. The van der Waals surface area contributed by atoms with E-state index in [0.29, 0.717) is 18.4 Å². The summed E-state index contributed by atoms with van der Waals surface area (Å²) in [6.45, 7) is 0.780. The van der Waals surface area contributed by atoms with Gasteiger partial charge in [-0.2, -0.15) is 0 Å². The lowest BCUT2D eigenvalue weighted by Crippen LogP contribution is -2.20. The van der Waals surface area contributed by atoms with Crippen molar-refractivity contribution in [1.29, 1.82) is 0 Å². The number of carboxylic acid groups (broad SMARTS) is 1. The number of halogens is 3. The molecule has 0 atom stereocenters. The highest BCUT2D eigenvalue weighted by Crippen LogP contribution is 2.51. The maximum atomic E-state index is 13.1. The molecular weight excluding hydrogens is 250 g/mol. The lowest BCUT2D eigenvalue weighted by molar-refractivity contribution is -0.140. The van der Waals surface area contributed by atoms with E-state index >= 15 is 0 Å². The van der Waals surface area contributed by atoms with Gasteiger partial charge in [-0.05, 0) is 24.5 Å².